The first-order valence-corrected chi connectivity index (χ1v) is 12.3. The lowest BCUT2D eigenvalue weighted by molar-refractivity contribution is 0.476. The summed E-state index contributed by atoms with van der Waals surface area (Å²) < 4.78 is 0. The molecule has 0 unspecified atom stereocenters. The van der Waals surface area contributed by atoms with Gasteiger partial charge in [-0.3, -0.25) is 0 Å². The summed E-state index contributed by atoms with van der Waals surface area (Å²) in [7, 11) is -0.682. The predicted molar refractivity (Wildman–Crippen MR) is 139 cm³/mol. The molecule has 2 N–H and O–H groups in total. The molecule has 0 saturated heterocycles. The molecule has 0 radical (unpaired) electrons. The number of hydrogen-bond donors (Lipinski definition) is 2. The van der Waals surface area contributed by atoms with Crippen molar-refractivity contribution in [2.75, 3.05) is 5.32 Å². The molecule has 0 saturated carbocycles. The van der Waals surface area contributed by atoms with Gasteiger partial charge in [0.1, 0.15) is 5.75 Å². The summed E-state index contributed by atoms with van der Waals surface area (Å²) in [5.74, 6) is 0.281. The Bertz CT molecular complexity index is 1130. The number of nitrogens with one attached hydrogen (secondary N) is 1. The third-order valence-electron chi connectivity index (χ3n) is 5.59. The average molecular weight is 440 g/mol. The summed E-state index contributed by atoms with van der Waals surface area (Å²) in [6.45, 7) is 7.21. The Morgan fingerprint density at radius 3 is 1.88 bits per heavy atom. The van der Waals surface area contributed by atoms with Gasteiger partial charge in [-0.15, -0.1) is 0 Å². The highest BCUT2D eigenvalue weighted by molar-refractivity contribution is 7.79. The summed E-state index contributed by atoms with van der Waals surface area (Å²) in [6, 6.07) is 36.0. The van der Waals surface area contributed by atoms with E-state index >= 15 is 0 Å². The second kappa shape index (κ2) is 9.59. The lowest BCUT2D eigenvalue weighted by Gasteiger charge is -2.23. The summed E-state index contributed by atoms with van der Waals surface area (Å²) in [5, 5.41) is 18.0. The number of phenolic OH excluding ortho intramolecular Hbond substituents is 1. The van der Waals surface area contributed by atoms with E-state index in [4.69, 9.17) is 0 Å². The Kier molecular flexibility index (Phi) is 6.63. The Balaban J connectivity index is 1.70. The van der Waals surface area contributed by atoms with Crippen LogP contribution < -0.4 is 21.2 Å². The fourth-order valence-electron chi connectivity index (χ4n) is 3.79. The maximum Gasteiger partial charge on any atom is 0.138 e. The van der Waals surface area contributed by atoms with Crippen LogP contribution in [0.25, 0.3) is 0 Å². The molecule has 4 rings (SSSR count). The normalized spacial score (nSPS) is 11.5. The maximum absolute atomic E-state index is 10.5. The van der Waals surface area contributed by atoms with Gasteiger partial charge >= 0.3 is 0 Å². The van der Waals surface area contributed by atoms with Gasteiger partial charge in [0, 0.05) is 6.54 Å². The molecular formula is C29H30NOP. The number of aromatic hydroxyl groups is 1. The smallest absolute Gasteiger partial charge is 0.138 e. The third kappa shape index (κ3) is 5.03. The van der Waals surface area contributed by atoms with Gasteiger partial charge in [0.25, 0.3) is 0 Å². The van der Waals surface area contributed by atoms with E-state index in [1.54, 1.807) is 6.07 Å². The van der Waals surface area contributed by atoms with Crippen LogP contribution in [-0.2, 0) is 12.0 Å². The van der Waals surface area contributed by atoms with Gasteiger partial charge in [0.05, 0.1) is 5.69 Å². The third-order valence-corrected chi connectivity index (χ3v) is 8.14. The first-order chi connectivity index (χ1) is 15.4. The van der Waals surface area contributed by atoms with Crippen LogP contribution in [0.2, 0.25) is 0 Å². The molecule has 0 spiro atoms. The van der Waals surface area contributed by atoms with E-state index in [9.17, 15) is 5.11 Å². The molecule has 3 heteroatoms. The standard InChI is InChI=1S/C29H30NOP/c1-29(2,3)23-18-19-27(31)26(20-23)30-21-22-12-10-11-17-28(22)32(24-13-6-4-7-14-24)25-15-8-5-9-16-25/h4-20,30-31H,21H2,1-3H3. The molecule has 0 aromatic heterocycles. The Labute approximate surface area is 192 Å². The zero-order chi connectivity index (χ0) is 22.6. The van der Waals surface area contributed by atoms with Crippen LogP contribution >= 0.6 is 7.92 Å². The van der Waals surface area contributed by atoms with Gasteiger partial charge in [-0.05, 0) is 52.5 Å². The number of phenols is 1. The molecule has 2 nitrogen and oxygen atoms in total. The van der Waals surface area contributed by atoms with Crippen LogP contribution in [0.3, 0.4) is 0 Å². The minimum absolute atomic E-state index is 0.0248. The van der Waals surface area contributed by atoms with E-state index in [0.717, 1.165) is 5.69 Å². The first kappa shape index (κ1) is 22.1. The summed E-state index contributed by atoms with van der Waals surface area (Å²) in [4.78, 5) is 0. The highest BCUT2D eigenvalue weighted by atomic mass is 31.1. The van der Waals surface area contributed by atoms with Gasteiger partial charge in [0.2, 0.25) is 0 Å². The van der Waals surface area contributed by atoms with Gasteiger partial charge in [-0.1, -0.05) is 112 Å². The zero-order valence-electron chi connectivity index (χ0n) is 18.9. The number of benzene rings is 4. The molecule has 0 aliphatic rings. The van der Waals surface area contributed by atoms with Crippen molar-refractivity contribution < 1.29 is 5.11 Å². The van der Waals surface area contributed by atoms with E-state index in [-0.39, 0.29) is 11.2 Å². The van der Waals surface area contributed by atoms with E-state index in [0.29, 0.717) is 6.54 Å². The molecule has 0 bridgehead atoms. The SMILES string of the molecule is CC(C)(C)c1ccc(O)c(NCc2ccccc2P(c2ccccc2)c2ccccc2)c1. The maximum atomic E-state index is 10.5. The van der Waals surface area contributed by atoms with Gasteiger partial charge in [0.15, 0.2) is 0 Å². The second-order valence-electron chi connectivity index (χ2n) is 8.97. The van der Waals surface area contributed by atoms with Crippen molar-refractivity contribution in [3.8, 4) is 5.75 Å². The van der Waals surface area contributed by atoms with Gasteiger partial charge in [-0.25, -0.2) is 0 Å². The topological polar surface area (TPSA) is 32.3 Å². The molecule has 32 heavy (non-hydrogen) atoms. The molecule has 162 valence electrons. The Hall–Kier alpha value is -3.09. The van der Waals surface area contributed by atoms with Crippen LogP contribution in [0.1, 0.15) is 31.9 Å². The number of anilines is 1. The summed E-state index contributed by atoms with van der Waals surface area (Å²) in [6.07, 6.45) is 0. The molecule has 0 heterocycles. The predicted octanol–water partition coefficient (Wildman–Crippen LogP) is 6.06. The van der Waals surface area contributed by atoms with Gasteiger partial charge in [-0.2, -0.15) is 0 Å². The Morgan fingerprint density at radius 2 is 1.28 bits per heavy atom. The summed E-state index contributed by atoms with van der Waals surface area (Å²) >= 11 is 0. The minimum atomic E-state index is -0.682. The largest absolute Gasteiger partial charge is 0.506 e. The molecular weight excluding hydrogens is 409 g/mol. The van der Waals surface area contributed by atoms with Crippen LogP contribution in [0, 0.1) is 0 Å². The second-order valence-corrected chi connectivity index (χ2v) is 11.2. The monoisotopic (exact) mass is 439 g/mol. The molecule has 4 aromatic rings. The quantitative estimate of drug-likeness (QED) is 0.283. The van der Waals surface area contributed by atoms with Crippen molar-refractivity contribution in [3.05, 3.63) is 114 Å². The highest BCUT2D eigenvalue weighted by Crippen LogP contribution is 2.35. The van der Waals surface area contributed by atoms with Crippen molar-refractivity contribution in [3.63, 3.8) is 0 Å². The average Bonchev–Trinajstić information content (AvgIpc) is 2.80. The molecule has 4 aromatic carbocycles. The van der Waals surface area contributed by atoms with E-state index in [2.05, 4.69) is 117 Å². The molecule has 0 aliphatic carbocycles. The molecule has 0 atom stereocenters. The van der Waals surface area contributed by atoms with Crippen molar-refractivity contribution >= 4 is 29.5 Å². The van der Waals surface area contributed by atoms with Crippen molar-refractivity contribution in [1.82, 2.24) is 0 Å². The van der Waals surface area contributed by atoms with Crippen LogP contribution in [0.4, 0.5) is 5.69 Å². The lowest BCUT2D eigenvalue weighted by atomic mass is 9.87. The van der Waals surface area contributed by atoms with Crippen LogP contribution in [0.5, 0.6) is 5.75 Å². The molecule has 0 fully saturated rings. The van der Waals surface area contributed by atoms with E-state index in [1.807, 2.05) is 6.07 Å². The summed E-state index contributed by atoms with van der Waals surface area (Å²) in [5.41, 5.74) is 3.24. The van der Waals surface area contributed by atoms with E-state index in [1.165, 1.54) is 27.0 Å². The molecule has 0 amide bonds. The number of hydrogen-bond acceptors (Lipinski definition) is 2. The van der Waals surface area contributed by atoms with Crippen molar-refractivity contribution in [2.24, 2.45) is 0 Å². The minimum Gasteiger partial charge on any atom is -0.506 e. The van der Waals surface area contributed by atoms with E-state index < -0.39 is 7.92 Å². The highest BCUT2D eigenvalue weighted by Gasteiger charge is 2.20. The first-order valence-electron chi connectivity index (χ1n) is 11.0. The molecule has 0 aliphatic heterocycles. The fourth-order valence-corrected chi connectivity index (χ4v) is 6.27. The zero-order valence-corrected chi connectivity index (χ0v) is 19.8. The Morgan fingerprint density at radius 1 is 0.719 bits per heavy atom. The number of rotatable bonds is 6. The fraction of sp³-hybridized carbons (Fsp3) is 0.172. The van der Waals surface area contributed by atoms with Crippen molar-refractivity contribution in [1.29, 1.82) is 0 Å². The lowest BCUT2D eigenvalue weighted by Crippen LogP contribution is -2.24. The van der Waals surface area contributed by atoms with Crippen molar-refractivity contribution in [2.45, 2.75) is 32.7 Å². The van der Waals surface area contributed by atoms with Crippen LogP contribution in [0.15, 0.2) is 103 Å². The van der Waals surface area contributed by atoms with Gasteiger partial charge < -0.3 is 10.4 Å². The van der Waals surface area contributed by atoms with Crippen LogP contribution in [-0.4, -0.2) is 5.11 Å².